The second kappa shape index (κ2) is 9.38. The molecule has 5 rings (SSSR count). The predicted molar refractivity (Wildman–Crippen MR) is 140 cm³/mol. The van der Waals surface area contributed by atoms with Crippen molar-refractivity contribution in [2.75, 3.05) is 6.61 Å². The highest BCUT2D eigenvalue weighted by atomic mass is 35.5. The van der Waals surface area contributed by atoms with Gasteiger partial charge in [0.2, 0.25) is 0 Å². The number of thiophene rings is 1. The van der Waals surface area contributed by atoms with Gasteiger partial charge >= 0.3 is 0 Å². The van der Waals surface area contributed by atoms with Gasteiger partial charge < -0.3 is 9.47 Å². The number of benzene rings is 2. The fourth-order valence-corrected chi connectivity index (χ4v) is 6.32. The number of aromatic nitrogens is 2. The highest BCUT2D eigenvalue weighted by molar-refractivity contribution is 7.98. The highest BCUT2D eigenvalue weighted by Crippen LogP contribution is 2.38. The minimum absolute atomic E-state index is 0.0389. The summed E-state index contributed by atoms with van der Waals surface area (Å²) in [4.78, 5) is 20.8. The minimum atomic E-state index is -0.306. The molecular formula is C26H25ClN2O3S2. The van der Waals surface area contributed by atoms with Gasteiger partial charge in [0, 0.05) is 22.1 Å². The number of ether oxygens (including phenoxy) is 2. The summed E-state index contributed by atoms with van der Waals surface area (Å²) < 4.78 is 13.3. The normalized spacial score (nSPS) is 14.8. The van der Waals surface area contributed by atoms with Crippen molar-refractivity contribution in [3.63, 3.8) is 0 Å². The zero-order chi connectivity index (χ0) is 23.9. The molecule has 0 amide bonds. The number of rotatable bonds is 6. The topological polar surface area (TPSA) is 53.4 Å². The third kappa shape index (κ3) is 4.62. The number of fused-ring (bicyclic) bond motifs is 3. The average Bonchev–Trinajstić information content (AvgIpc) is 3.16. The van der Waals surface area contributed by atoms with Crippen LogP contribution in [0.2, 0.25) is 5.02 Å². The number of thioether (sulfide) groups is 1. The first-order valence-corrected chi connectivity index (χ1v) is 13.3. The molecule has 8 heteroatoms. The minimum Gasteiger partial charge on any atom is -0.494 e. The molecule has 0 saturated heterocycles. The second-order valence-corrected chi connectivity index (χ2v) is 11.2. The van der Waals surface area contributed by atoms with Gasteiger partial charge in [-0.1, -0.05) is 35.5 Å². The van der Waals surface area contributed by atoms with E-state index in [0.717, 1.165) is 32.3 Å². The van der Waals surface area contributed by atoms with Crippen LogP contribution >= 0.6 is 34.7 Å². The molecule has 1 aliphatic heterocycles. The summed E-state index contributed by atoms with van der Waals surface area (Å²) in [6.45, 7) is 7.18. The molecule has 4 aromatic rings. The number of hydrogen-bond donors (Lipinski definition) is 0. The second-order valence-electron chi connectivity index (χ2n) is 8.79. The molecular weight excluding hydrogens is 488 g/mol. The van der Waals surface area contributed by atoms with Crippen molar-refractivity contribution in [1.29, 1.82) is 0 Å². The van der Waals surface area contributed by atoms with Crippen LogP contribution in [0.25, 0.3) is 15.9 Å². The van der Waals surface area contributed by atoms with E-state index in [2.05, 4.69) is 13.8 Å². The van der Waals surface area contributed by atoms with E-state index in [1.54, 1.807) is 27.7 Å². The lowest BCUT2D eigenvalue weighted by Crippen LogP contribution is -2.32. The summed E-state index contributed by atoms with van der Waals surface area (Å²) in [5, 5.41) is 2.07. The molecule has 1 aliphatic rings. The van der Waals surface area contributed by atoms with Gasteiger partial charge in [-0.25, -0.2) is 4.98 Å². The van der Waals surface area contributed by atoms with Crippen molar-refractivity contribution in [2.24, 2.45) is 0 Å². The van der Waals surface area contributed by atoms with Crippen LogP contribution in [-0.2, 0) is 23.5 Å². The number of halogens is 1. The van der Waals surface area contributed by atoms with E-state index in [1.807, 2.05) is 55.5 Å². The van der Waals surface area contributed by atoms with Crippen LogP contribution in [0.5, 0.6) is 5.75 Å². The van der Waals surface area contributed by atoms with Crippen molar-refractivity contribution < 1.29 is 9.47 Å². The molecule has 0 unspecified atom stereocenters. The first-order chi connectivity index (χ1) is 16.3. The lowest BCUT2D eigenvalue weighted by atomic mass is 9.94. The molecule has 0 bridgehead atoms. The quantitative estimate of drug-likeness (QED) is 0.214. The van der Waals surface area contributed by atoms with Gasteiger partial charge in [0.15, 0.2) is 5.16 Å². The zero-order valence-electron chi connectivity index (χ0n) is 19.3. The Bertz CT molecular complexity index is 1390. The summed E-state index contributed by atoms with van der Waals surface area (Å²) in [6.07, 6.45) is 0.694. The Kier molecular flexibility index (Phi) is 6.46. The Balaban J connectivity index is 1.63. The van der Waals surface area contributed by atoms with Gasteiger partial charge in [0.1, 0.15) is 10.6 Å². The number of hydrogen-bond acceptors (Lipinski definition) is 6. The van der Waals surface area contributed by atoms with Gasteiger partial charge in [-0.2, -0.15) is 0 Å². The summed E-state index contributed by atoms with van der Waals surface area (Å²) in [5.41, 5.74) is 2.61. The Hall–Kier alpha value is -2.32. The van der Waals surface area contributed by atoms with Crippen LogP contribution in [0.3, 0.4) is 0 Å². The van der Waals surface area contributed by atoms with Crippen molar-refractivity contribution >= 4 is 44.9 Å². The molecule has 2 aromatic heterocycles. The van der Waals surface area contributed by atoms with Crippen LogP contribution < -0.4 is 10.3 Å². The molecule has 0 spiro atoms. The highest BCUT2D eigenvalue weighted by Gasteiger charge is 2.31. The van der Waals surface area contributed by atoms with Crippen LogP contribution in [0, 0.1) is 0 Å². The molecule has 3 heterocycles. The third-order valence-corrected chi connectivity index (χ3v) is 8.12. The first kappa shape index (κ1) is 23.4. The van der Waals surface area contributed by atoms with Crippen LogP contribution in [0.4, 0.5) is 0 Å². The Morgan fingerprint density at radius 1 is 1.18 bits per heavy atom. The SMILES string of the molecule is CCOc1ccc(-n2c(SCc3ccc(Cl)cc3)nc3sc4c(c3c2=O)CC(C)(C)OC4)cc1. The standard InChI is InChI=1S/C26H25ClN2O3S2/c1-4-31-19-11-9-18(10-12-19)29-24(30)22-20-13-26(2,3)32-14-21(20)34-23(22)28-25(29)33-15-16-5-7-17(27)8-6-16/h5-12H,4,13-15H2,1-3H3. The Labute approximate surface area is 211 Å². The van der Waals surface area contributed by atoms with Crippen molar-refractivity contribution in [2.45, 2.75) is 50.3 Å². The lowest BCUT2D eigenvalue weighted by Gasteiger charge is -2.29. The van der Waals surface area contributed by atoms with Crippen LogP contribution in [-0.4, -0.2) is 21.8 Å². The summed E-state index contributed by atoms with van der Waals surface area (Å²) >= 11 is 9.15. The largest absolute Gasteiger partial charge is 0.494 e. The smallest absolute Gasteiger partial charge is 0.267 e. The summed E-state index contributed by atoms with van der Waals surface area (Å²) in [5.74, 6) is 1.45. The van der Waals surface area contributed by atoms with E-state index in [4.69, 9.17) is 26.1 Å². The Morgan fingerprint density at radius 3 is 2.62 bits per heavy atom. The Morgan fingerprint density at radius 2 is 1.91 bits per heavy atom. The third-order valence-electron chi connectivity index (χ3n) is 5.76. The van der Waals surface area contributed by atoms with Gasteiger partial charge in [-0.05, 0) is 68.3 Å². The predicted octanol–water partition coefficient (Wildman–Crippen LogP) is 6.64. The fourth-order valence-electron chi connectivity index (χ4n) is 4.08. The maximum Gasteiger partial charge on any atom is 0.267 e. The van der Waals surface area contributed by atoms with Gasteiger partial charge in [0.05, 0.1) is 29.9 Å². The van der Waals surface area contributed by atoms with Gasteiger partial charge in [-0.15, -0.1) is 11.3 Å². The van der Waals surface area contributed by atoms with E-state index in [9.17, 15) is 4.79 Å². The first-order valence-electron chi connectivity index (χ1n) is 11.2. The molecule has 2 aromatic carbocycles. The average molecular weight is 513 g/mol. The molecule has 176 valence electrons. The van der Waals surface area contributed by atoms with Gasteiger partial charge in [0.25, 0.3) is 5.56 Å². The molecule has 0 saturated carbocycles. The van der Waals surface area contributed by atoms with Crippen molar-refractivity contribution in [3.8, 4) is 11.4 Å². The summed E-state index contributed by atoms with van der Waals surface area (Å²) in [7, 11) is 0. The molecule has 0 N–H and O–H groups in total. The maximum absolute atomic E-state index is 14.0. The van der Waals surface area contributed by atoms with E-state index in [1.165, 1.54) is 0 Å². The monoisotopic (exact) mass is 512 g/mol. The van der Waals surface area contributed by atoms with Crippen molar-refractivity contribution in [3.05, 3.63) is 79.9 Å². The molecule has 5 nitrogen and oxygen atoms in total. The van der Waals surface area contributed by atoms with Gasteiger partial charge in [-0.3, -0.25) is 9.36 Å². The van der Waals surface area contributed by atoms with Crippen LogP contribution in [0.15, 0.2) is 58.5 Å². The molecule has 0 aliphatic carbocycles. The molecule has 0 fully saturated rings. The van der Waals surface area contributed by atoms with Crippen molar-refractivity contribution in [1.82, 2.24) is 9.55 Å². The summed E-state index contributed by atoms with van der Waals surface area (Å²) in [6, 6.07) is 15.4. The zero-order valence-corrected chi connectivity index (χ0v) is 21.6. The molecule has 34 heavy (non-hydrogen) atoms. The van der Waals surface area contributed by atoms with E-state index in [0.29, 0.717) is 41.0 Å². The fraction of sp³-hybridized carbons (Fsp3) is 0.308. The number of nitrogens with zero attached hydrogens (tertiary/aromatic N) is 2. The van der Waals surface area contributed by atoms with Crippen LogP contribution in [0.1, 0.15) is 36.8 Å². The molecule has 0 radical (unpaired) electrons. The molecule has 0 atom stereocenters. The maximum atomic E-state index is 14.0. The lowest BCUT2D eigenvalue weighted by molar-refractivity contribution is -0.0379. The van der Waals surface area contributed by atoms with E-state index in [-0.39, 0.29) is 11.2 Å². The van der Waals surface area contributed by atoms with E-state index >= 15 is 0 Å². The van der Waals surface area contributed by atoms with E-state index < -0.39 is 0 Å².